The number of nitrogens with zero attached hydrogens (tertiary/aromatic N) is 1. The molecule has 2 fully saturated rings. The Bertz CT molecular complexity index is 1000. The van der Waals surface area contributed by atoms with Crippen molar-refractivity contribution in [3.63, 3.8) is 0 Å². The Morgan fingerprint density at radius 3 is 2.55 bits per heavy atom. The van der Waals surface area contributed by atoms with E-state index in [9.17, 15) is 26.4 Å². The monoisotopic (exact) mass is 480 g/mol. The number of amides is 1. The molecule has 0 radical (unpaired) electrons. The number of carbonyl (C=O) groups is 1. The Hall–Kier alpha value is -2.03. The van der Waals surface area contributed by atoms with Crippen molar-refractivity contribution in [2.75, 3.05) is 13.7 Å². The van der Waals surface area contributed by atoms with Gasteiger partial charge in [-0.15, -0.1) is 0 Å². The molecule has 1 aromatic rings. The van der Waals surface area contributed by atoms with Gasteiger partial charge in [-0.3, -0.25) is 4.79 Å². The topological polar surface area (TPSA) is 105 Å². The van der Waals surface area contributed by atoms with Gasteiger partial charge >= 0.3 is 6.18 Å². The zero-order chi connectivity index (χ0) is 23.0. The number of hydrogen-bond acceptors (Lipinski definition) is 6. The van der Waals surface area contributed by atoms with Crippen LogP contribution in [0, 0.1) is 17.2 Å². The molecule has 0 saturated heterocycles. The first kappa shape index (κ1) is 23.6. The van der Waals surface area contributed by atoms with E-state index in [1.54, 1.807) is 0 Å². The minimum absolute atomic E-state index is 0.0309. The summed E-state index contributed by atoms with van der Waals surface area (Å²) in [5, 5.41) is 10.6. The summed E-state index contributed by atoms with van der Waals surface area (Å²) in [6, 6.07) is 5.25. The SMILES string of the molecule is CO[C@H]1CC(S(=O)(=O)c2ccc(OCC(F)(F)F)cc2Cl)C[C@@H]1C(=O)NC1(C#N)CC1. The van der Waals surface area contributed by atoms with E-state index in [4.69, 9.17) is 21.6 Å². The van der Waals surface area contributed by atoms with Crippen LogP contribution in [-0.4, -0.2) is 51.1 Å². The predicted molar refractivity (Wildman–Crippen MR) is 103 cm³/mol. The summed E-state index contributed by atoms with van der Waals surface area (Å²) in [4.78, 5) is 12.4. The summed E-state index contributed by atoms with van der Waals surface area (Å²) in [6.07, 6.45) is -4.12. The Balaban J connectivity index is 1.75. The minimum atomic E-state index is -4.55. The van der Waals surface area contributed by atoms with Gasteiger partial charge in [0.05, 0.1) is 33.3 Å². The minimum Gasteiger partial charge on any atom is -0.484 e. The number of hydrogen-bond donors (Lipinski definition) is 1. The summed E-state index contributed by atoms with van der Waals surface area (Å²) in [5.74, 6) is -1.42. The van der Waals surface area contributed by atoms with Crippen LogP contribution >= 0.6 is 11.6 Å². The van der Waals surface area contributed by atoms with Gasteiger partial charge in [0.15, 0.2) is 16.4 Å². The molecule has 0 bridgehead atoms. The van der Waals surface area contributed by atoms with Gasteiger partial charge in [0.25, 0.3) is 0 Å². The highest BCUT2D eigenvalue weighted by Gasteiger charge is 2.50. The van der Waals surface area contributed by atoms with Gasteiger partial charge in [-0.05, 0) is 37.8 Å². The van der Waals surface area contributed by atoms with E-state index in [2.05, 4.69) is 10.1 Å². The van der Waals surface area contributed by atoms with Gasteiger partial charge < -0.3 is 14.8 Å². The molecule has 1 amide bonds. The summed E-state index contributed by atoms with van der Waals surface area (Å²) >= 11 is 6.04. The quantitative estimate of drug-likeness (QED) is 0.643. The molecule has 170 valence electrons. The third-order valence-corrected chi connectivity index (χ3v) is 8.13. The van der Waals surface area contributed by atoms with Crippen molar-refractivity contribution in [3.8, 4) is 11.8 Å². The fraction of sp³-hybridized carbons (Fsp3) is 0.579. The summed E-state index contributed by atoms with van der Waals surface area (Å²) < 4.78 is 73.1. The molecule has 7 nitrogen and oxygen atoms in total. The van der Waals surface area contributed by atoms with E-state index in [1.807, 2.05) is 6.07 Å². The molecular formula is C19H20ClF3N2O5S. The van der Waals surface area contributed by atoms with E-state index in [1.165, 1.54) is 7.11 Å². The molecule has 1 unspecified atom stereocenters. The van der Waals surface area contributed by atoms with Crippen LogP contribution in [0.2, 0.25) is 5.02 Å². The van der Waals surface area contributed by atoms with Crippen molar-refractivity contribution < 1.29 is 35.9 Å². The summed E-state index contributed by atoms with van der Waals surface area (Å²) in [7, 11) is -2.64. The highest BCUT2D eigenvalue weighted by Crippen LogP contribution is 2.40. The molecule has 2 aliphatic carbocycles. The van der Waals surface area contributed by atoms with Crippen LogP contribution in [0.3, 0.4) is 0 Å². The molecule has 3 atom stereocenters. The molecule has 0 aromatic heterocycles. The smallest absolute Gasteiger partial charge is 0.422 e. The van der Waals surface area contributed by atoms with Crippen molar-refractivity contribution >= 4 is 27.3 Å². The lowest BCUT2D eigenvalue weighted by Gasteiger charge is -2.19. The number of benzene rings is 1. The average Bonchev–Trinajstić information content (AvgIpc) is 3.31. The molecule has 2 saturated carbocycles. The number of halogens is 4. The molecule has 0 spiro atoms. The Morgan fingerprint density at radius 1 is 1.35 bits per heavy atom. The molecule has 0 heterocycles. The van der Waals surface area contributed by atoms with Crippen molar-refractivity contribution in [1.29, 1.82) is 5.26 Å². The lowest BCUT2D eigenvalue weighted by molar-refractivity contribution is -0.153. The van der Waals surface area contributed by atoms with Gasteiger partial charge in [0.1, 0.15) is 11.3 Å². The number of rotatable bonds is 7. The summed E-state index contributed by atoms with van der Waals surface area (Å²) in [5.41, 5.74) is -0.887. The highest BCUT2D eigenvalue weighted by atomic mass is 35.5. The van der Waals surface area contributed by atoms with E-state index in [0.717, 1.165) is 18.2 Å². The average molecular weight is 481 g/mol. The van der Waals surface area contributed by atoms with Crippen molar-refractivity contribution in [1.82, 2.24) is 5.32 Å². The first-order valence-electron chi connectivity index (χ1n) is 9.40. The number of alkyl halides is 3. The van der Waals surface area contributed by atoms with Crippen molar-refractivity contribution in [2.45, 2.75) is 53.6 Å². The van der Waals surface area contributed by atoms with Crippen molar-refractivity contribution in [3.05, 3.63) is 23.2 Å². The number of ether oxygens (including phenoxy) is 2. The van der Waals surface area contributed by atoms with Gasteiger partial charge in [-0.1, -0.05) is 11.6 Å². The molecular weight excluding hydrogens is 461 g/mol. The lowest BCUT2D eigenvalue weighted by Crippen LogP contribution is -2.42. The van der Waals surface area contributed by atoms with Gasteiger partial charge in [0.2, 0.25) is 5.91 Å². The second kappa shape index (κ2) is 8.48. The molecule has 12 heteroatoms. The van der Waals surface area contributed by atoms with Crippen LogP contribution in [0.4, 0.5) is 13.2 Å². The van der Waals surface area contributed by atoms with Gasteiger partial charge in [-0.2, -0.15) is 18.4 Å². The largest absolute Gasteiger partial charge is 0.484 e. The van der Waals surface area contributed by atoms with Crippen LogP contribution < -0.4 is 10.1 Å². The second-order valence-corrected chi connectivity index (χ2v) is 10.3. The van der Waals surface area contributed by atoms with E-state index >= 15 is 0 Å². The van der Waals surface area contributed by atoms with Crippen LogP contribution in [0.5, 0.6) is 5.75 Å². The molecule has 31 heavy (non-hydrogen) atoms. The van der Waals surface area contributed by atoms with Crippen LogP contribution in [0.15, 0.2) is 23.1 Å². The first-order valence-corrected chi connectivity index (χ1v) is 11.3. The number of nitrogens with one attached hydrogen (secondary N) is 1. The first-order chi connectivity index (χ1) is 14.4. The second-order valence-electron chi connectivity index (χ2n) is 7.70. The van der Waals surface area contributed by atoms with Crippen molar-refractivity contribution in [2.24, 2.45) is 5.92 Å². The molecule has 2 aliphatic rings. The standard InChI is InChI=1S/C19H20ClF3N2O5S/c1-29-15-8-12(7-13(15)17(26)25-18(9-24)4-5-18)31(27,28)16-3-2-11(6-14(16)20)30-10-19(21,22)23/h2-3,6,12-13,15H,4-5,7-8,10H2,1H3,(H,25,26)/t12?,13-,15-/m0/s1. The molecule has 1 aromatic carbocycles. The molecule has 3 rings (SSSR count). The van der Waals surface area contributed by atoms with E-state index in [0.29, 0.717) is 12.8 Å². The van der Waals surface area contributed by atoms with E-state index < -0.39 is 51.3 Å². The maximum Gasteiger partial charge on any atom is 0.422 e. The number of carbonyl (C=O) groups excluding carboxylic acids is 1. The third-order valence-electron chi connectivity index (χ3n) is 5.48. The molecule has 0 aliphatic heterocycles. The van der Waals surface area contributed by atoms with Crippen LogP contribution in [0.1, 0.15) is 25.7 Å². The van der Waals surface area contributed by atoms with Crippen LogP contribution in [-0.2, 0) is 19.4 Å². The van der Waals surface area contributed by atoms with E-state index in [-0.39, 0.29) is 28.5 Å². The normalized spacial score (nSPS) is 25.0. The Morgan fingerprint density at radius 2 is 2.03 bits per heavy atom. The predicted octanol–water partition coefficient (Wildman–Crippen LogP) is 3.02. The third kappa shape index (κ3) is 5.25. The fourth-order valence-electron chi connectivity index (χ4n) is 3.61. The number of sulfone groups is 1. The maximum atomic E-state index is 13.1. The Labute approximate surface area is 182 Å². The van der Waals surface area contributed by atoms with Gasteiger partial charge in [0, 0.05) is 13.2 Å². The zero-order valence-electron chi connectivity index (χ0n) is 16.4. The lowest BCUT2D eigenvalue weighted by atomic mass is 10.0. The van der Waals surface area contributed by atoms with Crippen LogP contribution in [0.25, 0.3) is 0 Å². The maximum absolute atomic E-state index is 13.1. The molecule has 1 N–H and O–H groups in total. The zero-order valence-corrected chi connectivity index (χ0v) is 18.0. The number of nitriles is 1. The Kier molecular flexibility index (Phi) is 6.47. The highest BCUT2D eigenvalue weighted by molar-refractivity contribution is 7.92. The number of methoxy groups -OCH3 is 1. The summed E-state index contributed by atoms with van der Waals surface area (Å²) in [6.45, 7) is -1.53. The van der Waals surface area contributed by atoms with Gasteiger partial charge in [-0.25, -0.2) is 8.42 Å². The fourth-order valence-corrected chi connectivity index (χ4v) is 5.95.